The Balaban J connectivity index is 1.59. The van der Waals surface area contributed by atoms with E-state index < -0.39 is 16.0 Å². The lowest BCUT2D eigenvalue weighted by atomic mass is 10.3. The zero-order valence-electron chi connectivity index (χ0n) is 16.2. The molecule has 1 aliphatic heterocycles. The number of fused-ring (bicyclic) bond motifs is 1. The molecule has 8 nitrogen and oxygen atoms in total. The number of carbonyl (C=O) groups excluding carboxylic acids is 1. The number of aryl methyl sites for hydroxylation is 1. The first kappa shape index (κ1) is 21.3. The number of carbonyl (C=O) groups is 1. The predicted octanol–water partition coefficient (Wildman–Crippen LogP) is 3.15. The van der Waals surface area contributed by atoms with Gasteiger partial charge in [-0.2, -0.15) is 4.31 Å². The highest BCUT2D eigenvalue weighted by molar-refractivity contribution is 7.89. The van der Waals surface area contributed by atoms with Gasteiger partial charge in [-0.3, -0.25) is 0 Å². The van der Waals surface area contributed by atoms with Gasteiger partial charge < -0.3 is 14.0 Å². The Labute approximate surface area is 183 Å². The number of morpholine rings is 1. The van der Waals surface area contributed by atoms with Crippen molar-refractivity contribution in [3.63, 3.8) is 0 Å². The normalized spacial score (nSPS) is 15.5. The standard InChI is InChI=1S/C19H20ClN3O5S2/c1-2-23-15-4-3-13(30(25,26)22-7-9-27-10-8-22)11-14(15)21-18(23)12-28-19(24)16-5-6-17(20)29-16/h3-6,11H,2,7-10,12H2,1H3. The third kappa shape index (κ3) is 4.10. The van der Waals surface area contributed by atoms with Gasteiger partial charge in [-0.15, -0.1) is 11.3 Å². The molecular weight excluding hydrogens is 450 g/mol. The fraction of sp³-hybridized carbons (Fsp3) is 0.368. The second kappa shape index (κ2) is 8.64. The molecule has 3 aromatic rings. The van der Waals surface area contributed by atoms with Crippen LogP contribution in [0, 0.1) is 0 Å². The van der Waals surface area contributed by atoms with E-state index in [9.17, 15) is 13.2 Å². The van der Waals surface area contributed by atoms with Crippen LogP contribution >= 0.6 is 22.9 Å². The molecular formula is C19H20ClN3O5S2. The molecule has 0 aliphatic carbocycles. The molecule has 1 aliphatic rings. The number of thiophene rings is 1. The third-order valence-corrected chi connectivity index (χ3v) is 7.94. The lowest BCUT2D eigenvalue weighted by Gasteiger charge is -2.26. The maximum Gasteiger partial charge on any atom is 0.348 e. The molecule has 0 amide bonds. The fourth-order valence-electron chi connectivity index (χ4n) is 3.34. The molecule has 4 rings (SSSR count). The van der Waals surface area contributed by atoms with Gasteiger partial charge in [0.2, 0.25) is 10.0 Å². The summed E-state index contributed by atoms with van der Waals surface area (Å²) in [5, 5.41) is 0. The predicted molar refractivity (Wildman–Crippen MR) is 113 cm³/mol. The molecule has 0 spiro atoms. The molecule has 0 bridgehead atoms. The Morgan fingerprint density at radius 1 is 1.27 bits per heavy atom. The van der Waals surface area contributed by atoms with Gasteiger partial charge in [0.05, 0.1) is 33.5 Å². The lowest BCUT2D eigenvalue weighted by Crippen LogP contribution is -2.40. The number of imidazole rings is 1. The summed E-state index contributed by atoms with van der Waals surface area (Å²) in [5.41, 5.74) is 1.32. The van der Waals surface area contributed by atoms with Gasteiger partial charge >= 0.3 is 5.97 Å². The number of aromatic nitrogens is 2. The van der Waals surface area contributed by atoms with Crippen molar-refractivity contribution in [3.05, 3.63) is 45.4 Å². The maximum absolute atomic E-state index is 12.9. The van der Waals surface area contributed by atoms with E-state index in [0.717, 1.165) is 16.9 Å². The zero-order chi connectivity index (χ0) is 21.3. The van der Waals surface area contributed by atoms with Crippen LogP contribution < -0.4 is 0 Å². The molecule has 11 heteroatoms. The molecule has 0 atom stereocenters. The number of ether oxygens (including phenoxy) is 2. The topological polar surface area (TPSA) is 90.7 Å². The molecule has 1 fully saturated rings. The van der Waals surface area contributed by atoms with Crippen LogP contribution in [-0.2, 0) is 32.6 Å². The molecule has 1 saturated heterocycles. The van der Waals surface area contributed by atoms with Crippen molar-refractivity contribution < 1.29 is 22.7 Å². The van der Waals surface area contributed by atoms with Crippen LogP contribution in [0.5, 0.6) is 0 Å². The average Bonchev–Trinajstić information content (AvgIpc) is 3.35. The van der Waals surface area contributed by atoms with E-state index in [2.05, 4.69) is 4.98 Å². The first-order valence-corrected chi connectivity index (χ1v) is 12.0. The van der Waals surface area contributed by atoms with Crippen molar-refractivity contribution in [1.82, 2.24) is 13.9 Å². The molecule has 0 saturated carbocycles. The molecule has 30 heavy (non-hydrogen) atoms. The number of benzene rings is 1. The summed E-state index contributed by atoms with van der Waals surface area (Å²) < 4.78 is 40.3. The van der Waals surface area contributed by atoms with Gasteiger partial charge in [-0.25, -0.2) is 18.2 Å². The third-order valence-electron chi connectivity index (χ3n) is 4.83. The van der Waals surface area contributed by atoms with E-state index in [4.69, 9.17) is 21.1 Å². The highest BCUT2D eigenvalue weighted by atomic mass is 35.5. The summed E-state index contributed by atoms with van der Waals surface area (Å²) in [5.74, 6) is 0.0709. The van der Waals surface area contributed by atoms with Crippen LogP contribution in [0.2, 0.25) is 4.34 Å². The number of sulfonamides is 1. The molecule has 160 valence electrons. The van der Waals surface area contributed by atoms with Crippen LogP contribution in [0.3, 0.4) is 0 Å². The van der Waals surface area contributed by atoms with Crippen molar-refractivity contribution in [2.45, 2.75) is 25.0 Å². The van der Waals surface area contributed by atoms with E-state index in [1.807, 2.05) is 11.5 Å². The van der Waals surface area contributed by atoms with E-state index >= 15 is 0 Å². The van der Waals surface area contributed by atoms with E-state index in [1.165, 1.54) is 4.31 Å². The van der Waals surface area contributed by atoms with Gasteiger partial charge in [-0.05, 0) is 37.3 Å². The Morgan fingerprint density at radius 2 is 2.03 bits per heavy atom. The smallest absolute Gasteiger partial charge is 0.348 e. The van der Waals surface area contributed by atoms with Crippen molar-refractivity contribution in [2.24, 2.45) is 0 Å². The van der Waals surface area contributed by atoms with Crippen LogP contribution in [-0.4, -0.2) is 54.5 Å². The maximum atomic E-state index is 12.9. The number of hydrogen-bond acceptors (Lipinski definition) is 7. The van der Waals surface area contributed by atoms with Crippen molar-refractivity contribution >= 4 is 50.0 Å². The summed E-state index contributed by atoms with van der Waals surface area (Å²) in [6.45, 7) is 3.96. The minimum atomic E-state index is -3.62. The monoisotopic (exact) mass is 469 g/mol. The minimum Gasteiger partial charge on any atom is -0.453 e. The van der Waals surface area contributed by atoms with E-state index in [1.54, 1.807) is 30.3 Å². The van der Waals surface area contributed by atoms with E-state index in [0.29, 0.717) is 53.4 Å². The largest absolute Gasteiger partial charge is 0.453 e. The van der Waals surface area contributed by atoms with Crippen LogP contribution in [0.1, 0.15) is 22.4 Å². The molecule has 1 aromatic carbocycles. The first-order chi connectivity index (χ1) is 14.4. The Hall–Kier alpha value is -1.98. The fourth-order valence-corrected chi connectivity index (χ4v) is 5.71. The van der Waals surface area contributed by atoms with Gasteiger partial charge in [0.1, 0.15) is 17.3 Å². The second-order valence-electron chi connectivity index (χ2n) is 6.62. The number of halogens is 1. The van der Waals surface area contributed by atoms with Gasteiger partial charge in [-0.1, -0.05) is 11.6 Å². The Bertz CT molecular complexity index is 1180. The van der Waals surface area contributed by atoms with Gasteiger partial charge in [0, 0.05) is 19.6 Å². The highest BCUT2D eigenvalue weighted by Crippen LogP contribution is 2.25. The molecule has 0 N–H and O–H groups in total. The number of hydrogen-bond donors (Lipinski definition) is 0. The number of rotatable bonds is 6. The van der Waals surface area contributed by atoms with E-state index in [-0.39, 0.29) is 11.5 Å². The van der Waals surface area contributed by atoms with Gasteiger partial charge in [0.25, 0.3) is 0 Å². The summed E-state index contributed by atoms with van der Waals surface area (Å²) >= 11 is 7.01. The van der Waals surface area contributed by atoms with Crippen molar-refractivity contribution in [1.29, 1.82) is 0 Å². The zero-order valence-corrected chi connectivity index (χ0v) is 18.6. The lowest BCUT2D eigenvalue weighted by molar-refractivity contribution is 0.0464. The summed E-state index contributed by atoms with van der Waals surface area (Å²) in [4.78, 5) is 17.3. The molecule has 0 unspecified atom stereocenters. The van der Waals surface area contributed by atoms with Crippen LogP contribution in [0.4, 0.5) is 0 Å². The van der Waals surface area contributed by atoms with Crippen LogP contribution in [0.25, 0.3) is 11.0 Å². The molecule has 0 radical (unpaired) electrons. The Morgan fingerprint density at radius 3 is 2.70 bits per heavy atom. The van der Waals surface area contributed by atoms with Crippen molar-refractivity contribution in [2.75, 3.05) is 26.3 Å². The first-order valence-electron chi connectivity index (χ1n) is 9.39. The Kier molecular flexibility index (Phi) is 6.12. The molecule has 2 aromatic heterocycles. The quantitative estimate of drug-likeness (QED) is 0.515. The summed E-state index contributed by atoms with van der Waals surface area (Å²) in [7, 11) is -3.62. The molecule has 3 heterocycles. The average molecular weight is 470 g/mol. The summed E-state index contributed by atoms with van der Waals surface area (Å²) in [6.07, 6.45) is 0. The SMILES string of the molecule is CCn1c(COC(=O)c2ccc(Cl)s2)nc2cc(S(=O)(=O)N3CCOCC3)ccc21. The number of esters is 1. The van der Waals surface area contributed by atoms with Crippen molar-refractivity contribution in [3.8, 4) is 0 Å². The second-order valence-corrected chi connectivity index (χ2v) is 10.3. The number of nitrogens with zero attached hydrogens (tertiary/aromatic N) is 3. The van der Waals surface area contributed by atoms with Gasteiger partial charge in [0.15, 0.2) is 0 Å². The summed E-state index contributed by atoms with van der Waals surface area (Å²) in [6, 6.07) is 8.14. The minimum absolute atomic E-state index is 0.0254. The van der Waals surface area contributed by atoms with Crippen LogP contribution in [0.15, 0.2) is 35.2 Å². The highest BCUT2D eigenvalue weighted by Gasteiger charge is 2.27.